The maximum atomic E-state index is 11.4. The van der Waals surface area contributed by atoms with E-state index in [-0.39, 0.29) is 5.97 Å². The highest BCUT2D eigenvalue weighted by Gasteiger charge is 2.29. The first-order chi connectivity index (χ1) is 8.02. The first kappa shape index (κ1) is 12.6. The SMILES string of the molecule is COC(=O)c1cnc(C2CCC(C)(C)CC2)s1. The summed E-state index contributed by atoms with van der Waals surface area (Å²) in [7, 11) is 1.41. The van der Waals surface area contributed by atoms with Gasteiger partial charge in [-0.25, -0.2) is 9.78 Å². The molecule has 0 radical (unpaired) electrons. The predicted octanol–water partition coefficient (Wildman–Crippen LogP) is 3.61. The van der Waals surface area contributed by atoms with Crippen LogP contribution in [0.15, 0.2) is 6.20 Å². The lowest BCUT2D eigenvalue weighted by Gasteiger charge is -2.33. The number of thiazole rings is 1. The van der Waals surface area contributed by atoms with Crippen LogP contribution in [0.2, 0.25) is 0 Å². The van der Waals surface area contributed by atoms with Crippen molar-refractivity contribution in [2.24, 2.45) is 5.41 Å². The van der Waals surface area contributed by atoms with Gasteiger partial charge in [-0.1, -0.05) is 13.8 Å². The molecule has 2 rings (SSSR count). The van der Waals surface area contributed by atoms with Crippen molar-refractivity contribution in [1.29, 1.82) is 0 Å². The molecule has 3 nitrogen and oxygen atoms in total. The van der Waals surface area contributed by atoms with Gasteiger partial charge in [0.1, 0.15) is 4.88 Å². The summed E-state index contributed by atoms with van der Waals surface area (Å²) in [5.41, 5.74) is 0.471. The summed E-state index contributed by atoms with van der Waals surface area (Å²) in [5.74, 6) is 0.260. The summed E-state index contributed by atoms with van der Waals surface area (Å²) in [6.45, 7) is 4.65. The zero-order valence-corrected chi connectivity index (χ0v) is 11.5. The molecule has 0 bridgehead atoms. The number of methoxy groups -OCH3 is 1. The lowest BCUT2D eigenvalue weighted by atomic mass is 9.73. The van der Waals surface area contributed by atoms with E-state index in [9.17, 15) is 4.79 Å². The van der Waals surface area contributed by atoms with Crippen molar-refractivity contribution in [2.45, 2.75) is 45.4 Å². The van der Waals surface area contributed by atoms with E-state index in [1.807, 2.05) is 0 Å². The Morgan fingerprint density at radius 3 is 2.71 bits per heavy atom. The van der Waals surface area contributed by atoms with Crippen LogP contribution in [-0.4, -0.2) is 18.1 Å². The van der Waals surface area contributed by atoms with Gasteiger partial charge in [-0.3, -0.25) is 0 Å². The van der Waals surface area contributed by atoms with Crippen molar-refractivity contribution >= 4 is 17.3 Å². The fourth-order valence-electron chi connectivity index (χ4n) is 2.32. The smallest absolute Gasteiger partial charge is 0.349 e. The fraction of sp³-hybridized carbons (Fsp3) is 0.692. The number of ether oxygens (including phenoxy) is 1. The van der Waals surface area contributed by atoms with E-state index in [0.29, 0.717) is 16.2 Å². The van der Waals surface area contributed by atoms with Crippen LogP contribution < -0.4 is 0 Å². The van der Waals surface area contributed by atoms with Gasteiger partial charge in [0, 0.05) is 5.92 Å². The first-order valence-electron chi connectivity index (χ1n) is 6.06. The molecule has 0 aromatic carbocycles. The summed E-state index contributed by atoms with van der Waals surface area (Å²) in [5, 5.41) is 1.10. The van der Waals surface area contributed by atoms with E-state index < -0.39 is 0 Å². The lowest BCUT2D eigenvalue weighted by Crippen LogP contribution is -2.20. The molecule has 1 aliphatic carbocycles. The van der Waals surface area contributed by atoms with Gasteiger partial charge in [-0.15, -0.1) is 11.3 Å². The number of nitrogens with zero attached hydrogens (tertiary/aromatic N) is 1. The van der Waals surface area contributed by atoms with Crippen LogP contribution in [0.5, 0.6) is 0 Å². The molecule has 1 aromatic heterocycles. The van der Waals surface area contributed by atoms with Gasteiger partial charge in [0.05, 0.1) is 18.3 Å². The minimum atomic E-state index is -0.273. The Labute approximate surface area is 106 Å². The third-order valence-corrected chi connectivity index (χ3v) is 4.74. The molecule has 1 heterocycles. The van der Waals surface area contributed by atoms with Crippen molar-refractivity contribution in [1.82, 2.24) is 4.98 Å². The van der Waals surface area contributed by atoms with Crippen LogP contribution >= 0.6 is 11.3 Å². The van der Waals surface area contributed by atoms with Crippen LogP contribution in [-0.2, 0) is 4.74 Å². The minimum Gasteiger partial charge on any atom is -0.465 e. The number of aromatic nitrogens is 1. The molecule has 0 unspecified atom stereocenters. The summed E-state index contributed by atoms with van der Waals surface area (Å²) < 4.78 is 4.70. The molecule has 0 aliphatic heterocycles. The number of esters is 1. The minimum absolute atomic E-state index is 0.273. The van der Waals surface area contributed by atoms with Crippen LogP contribution in [0.25, 0.3) is 0 Å². The van der Waals surface area contributed by atoms with Crippen LogP contribution in [0.4, 0.5) is 0 Å². The fourth-order valence-corrected chi connectivity index (χ4v) is 3.32. The molecule has 0 spiro atoms. The second-order valence-corrected chi connectivity index (χ2v) is 6.56. The second-order valence-electron chi connectivity index (χ2n) is 5.49. The van der Waals surface area contributed by atoms with Crippen LogP contribution in [0.1, 0.15) is 60.1 Å². The molecule has 1 fully saturated rings. The zero-order chi connectivity index (χ0) is 12.5. The number of carbonyl (C=O) groups is 1. The van der Waals surface area contributed by atoms with E-state index >= 15 is 0 Å². The predicted molar refractivity (Wildman–Crippen MR) is 68.4 cm³/mol. The monoisotopic (exact) mass is 253 g/mol. The van der Waals surface area contributed by atoms with Crippen molar-refractivity contribution in [3.63, 3.8) is 0 Å². The summed E-state index contributed by atoms with van der Waals surface area (Å²) in [6.07, 6.45) is 6.49. The normalized spacial score (nSPS) is 20.2. The molecule has 17 heavy (non-hydrogen) atoms. The Bertz CT molecular complexity index is 401. The molecule has 0 N–H and O–H groups in total. The first-order valence-corrected chi connectivity index (χ1v) is 6.87. The van der Waals surface area contributed by atoms with Crippen LogP contribution in [0, 0.1) is 5.41 Å². The Morgan fingerprint density at radius 2 is 2.12 bits per heavy atom. The van der Waals surface area contributed by atoms with E-state index in [1.165, 1.54) is 44.1 Å². The maximum absolute atomic E-state index is 11.4. The van der Waals surface area contributed by atoms with Crippen LogP contribution in [0.3, 0.4) is 0 Å². The van der Waals surface area contributed by atoms with Gasteiger partial charge < -0.3 is 4.74 Å². The molecule has 1 saturated carbocycles. The van der Waals surface area contributed by atoms with E-state index in [0.717, 1.165) is 5.01 Å². The zero-order valence-electron chi connectivity index (χ0n) is 10.7. The maximum Gasteiger partial charge on any atom is 0.349 e. The molecule has 0 amide bonds. The van der Waals surface area contributed by atoms with Gasteiger partial charge in [0.2, 0.25) is 0 Å². The molecule has 4 heteroatoms. The van der Waals surface area contributed by atoms with E-state index in [2.05, 4.69) is 18.8 Å². The topological polar surface area (TPSA) is 39.2 Å². The van der Waals surface area contributed by atoms with E-state index in [1.54, 1.807) is 6.20 Å². The van der Waals surface area contributed by atoms with Crippen molar-refractivity contribution in [3.8, 4) is 0 Å². The second kappa shape index (κ2) is 4.77. The highest BCUT2D eigenvalue weighted by molar-refractivity contribution is 7.13. The van der Waals surface area contributed by atoms with Crippen molar-refractivity contribution in [3.05, 3.63) is 16.1 Å². The highest BCUT2D eigenvalue weighted by Crippen LogP contribution is 2.43. The average molecular weight is 253 g/mol. The Morgan fingerprint density at radius 1 is 1.47 bits per heavy atom. The largest absolute Gasteiger partial charge is 0.465 e. The van der Waals surface area contributed by atoms with Gasteiger partial charge >= 0.3 is 5.97 Å². The number of hydrogen-bond donors (Lipinski definition) is 0. The average Bonchev–Trinajstić information content (AvgIpc) is 2.77. The summed E-state index contributed by atoms with van der Waals surface area (Å²) in [4.78, 5) is 16.4. The summed E-state index contributed by atoms with van der Waals surface area (Å²) >= 11 is 1.49. The van der Waals surface area contributed by atoms with Crippen molar-refractivity contribution in [2.75, 3.05) is 7.11 Å². The molecule has 94 valence electrons. The number of carbonyl (C=O) groups excluding carboxylic acids is 1. The van der Waals surface area contributed by atoms with Crippen molar-refractivity contribution < 1.29 is 9.53 Å². The molecule has 0 saturated heterocycles. The highest BCUT2D eigenvalue weighted by atomic mass is 32.1. The molecule has 0 atom stereocenters. The number of hydrogen-bond acceptors (Lipinski definition) is 4. The Kier molecular flexibility index (Phi) is 3.52. The van der Waals surface area contributed by atoms with Gasteiger partial charge in [-0.2, -0.15) is 0 Å². The van der Waals surface area contributed by atoms with Gasteiger partial charge in [0.25, 0.3) is 0 Å². The van der Waals surface area contributed by atoms with Gasteiger partial charge in [0.15, 0.2) is 0 Å². The Hall–Kier alpha value is -0.900. The van der Waals surface area contributed by atoms with E-state index in [4.69, 9.17) is 4.74 Å². The third kappa shape index (κ3) is 2.86. The molecular weight excluding hydrogens is 234 g/mol. The van der Waals surface area contributed by atoms with Gasteiger partial charge in [-0.05, 0) is 31.1 Å². The number of rotatable bonds is 2. The molecule has 1 aliphatic rings. The third-order valence-electron chi connectivity index (χ3n) is 3.60. The molecule has 1 aromatic rings. The molecular formula is C13H19NO2S. The Balaban J connectivity index is 2.04. The summed E-state index contributed by atoms with van der Waals surface area (Å²) in [6, 6.07) is 0. The lowest BCUT2D eigenvalue weighted by molar-refractivity contribution is 0.0606. The quantitative estimate of drug-likeness (QED) is 0.756. The standard InChI is InChI=1S/C13H19NO2S/c1-13(2)6-4-9(5-7-13)11-14-8-10(17-11)12(15)16-3/h8-9H,4-7H2,1-3H3.